The van der Waals surface area contributed by atoms with Gasteiger partial charge in [-0.1, -0.05) is 6.07 Å². The van der Waals surface area contributed by atoms with E-state index in [0.29, 0.717) is 0 Å². The third-order valence-corrected chi connectivity index (χ3v) is 2.71. The number of ether oxygens (including phenoxy) is 1. The number of nitrogens with zero attached hydrogens (tertiary/aromatic N) is 1. The fourth-order valence-corrected chi connectivity index (χ4v) is 1.77. The van der Waals surface area contributed by atoms with E-state index in [1.165, 1.54) is 6.20 Å². The average molecular weight is 243 g/mol. The van der Waals surface area contributed by atoms with Crippen LogP contribution in [0.3, 0.4) is 0 Å². The molecule has 0 radical (unpaired) electrons. The van der Waals surface area contributed by atoms with Crippen molar-refractivity contribution in [2.75, 3.05) is 7.11 Å². The van der Waals surface area contributed by atoms with E-state index in [4.69, 9.17) is 9.84 Å². The van der Waals surface area contributed by atoms with Gasteiger partial charge < -0.3 is 9.84 Å². The first-order valence-corrected chi connectivity index (χ1v) is 5.45. The smallest absolute Gasteiger partial charge is 0.337 e. The predicted octanol–water partition coefficient (Wildman–Crippen LogP) is 2.76. The third-order valence-electron chi connectivity index (χ3n) is 2.71. The Morgan fingerprint density at radius 2 is 2.00 bits per heavy atom. The maximum absolute atomic E-state index is 10.9. The molecule has 0 aliphatic carbocycles. The van der Waals surface area contributed by atoms with Crippen LogP contribution >= 0.6 is 0 Å². The standard InChI is InChI=1S/C14H13NO3/c1-9-5-10(3-4-13(9)18-2)11-6-12(14(16)17)8-15-7-11/h3-8H,1-2H3,(H,16,17). The second-order valence-electron chi connectivity index (χ2n) is 3.95. The maximum atomic E-state index is 10.9. The van der Waals surface area contributed by atoms with Crippen LogP contribution in [0.25, 0.3) is 11.1 Å². The number of rotatable bonds is 3. The lowest BCUT2D eigenvalue weighted by Crippen LogP contribution is -1.97. The zero-order valence-corrected chi connectivity index (χ0v) is 10.2. The summed E-state index contributed by atoms with van der Waals surface area (Å²) in [5.74, 6) is -0.171. The quantitative estimate of drug-likeness (QED) is 0.900. The molecule has 0 saturated carbocycles. The summed E-state index contributed by atoms with van der Waals surface area (Å²) in [5, 5.41) is 8.93. The minimum atomic E-state index is -0.977. The van der Waals surface area contributed by atoms with Gasteiger partial charge in [-0.2, -0.15) is 0 Å². The highest BCUT2D eigenvalue weighted by atomic mass is 16.5. The van der Waals surface area contributed by atoms with Crippen LogP contribution in [0.4, 0.5) is 0 Å². The zero-order valence-electron chi connectivity index (χ0n) is 10.2. The molecule has 1 aromatic carbocycles. The van der Waals surface area contributed by atoms with Gasteiger partial charge >= 0.3 is 5.97 Å². The van der Waals surface area contributed by atoms with Gasteiger partial charge in [0.15, 0.2) is 0 Å². The molecule has 4 heteroatoms. The summed E-state index contributed by atoms with van der Waals surface area (Å²) < 4.78 is 5.19. The van der Waals surface area contributed by atoms with Gasteiger partial charge in [0.25, 0.3) is 0 Å². The van der Waals surface area contributed by atoms with Gasteiger partial charge in [0, 0.05) is 18.0 Å². The summed E-state index contributed by atoms with van der Waals surface area (Å²) in [7, 11) is 1.62. The van der Waals surface area contributed by atoms with Gasteiger partial charge in [-0.3, -0.25) is 4.98 Å². The molecule has 0 amide bonds. The molecule has 2 aromatic rings. The van der Waals surface area contributed by atoms with Gasteiger partial charge in [-0.05, 0) is 36.2 Å². The number of hydrogen-bond donors (Lipinski definition) is 1. The van der Waals surface area contributed by atoms with Crippen LogP contribution in [0.5, 0.6) is 5.75 Å². The Bertz CT molecular complexity index is 593. The molecule has 1 aromatic heterocycles. The Labute approximate surface area is 105 Å². The molecule has 18 heavy (non-hydrogen) atoms. The van der Waals surface area contributed by atoms with Crippen molar-refractivity contribution in [2.24, 2.45) is 0 Å². The van der Waals surface area contributed by atoms with Crippen molar-refractivity contribution in [1.29, 1.82) is 0 Å². The number of carbonyl (C=O) groups is 1. The molecule has 0 fully saturated rings. The first kappa shape index (κ1) is 12.1. The molecule has 0 aliphatic rings. The van der Waals surface area contributed by atoms with E-state index in [1.807, 2.05) is 25.1 Å². The topological polar surface area (TPSA) is 59.4 Å². The number of carboxylic acids is 1. The highest BCUT2D eigenvalue weighted by Crippen LogP contribution is 2.26. The van der Waals surface area contributed by atoms with Crippen molar-refractivity contribution in [1.82, 2.24) is 4.98 Å². The number of aryl methyl sites for hydroxylation is 1. The summed E-state index contributed by atoms with van der Waals surface area (Å²) in [6.45, 7) is 1.94. The van der Waals surface area contributed by atoms with Crippen LogP contribution in [-0.2, 0) is 0 Å². The van der Waals surface area contributed by atoms with Crippen molar-refractivity contribution >= 4 is 5.97 Å². The second-order valence-corrected chi connectivity index (χ2v) is 3.95. The predicted molar refractivity (Wildman–Crippen MR) is 67.9 cm³/mol. The van der Waals surface area contributed by atoms with Crippen LogP contribution in [-0.4, -0.2) is 23.2 Å². The summed E-state index contributed by atoms with van der Waals surface area (Å²) in [5.41, 5.74) is 2.88. The van der Waals surface area contributed by atoms with E-state index < -0.39 is 5.97 Å². The number of methoxy groups -OCH3 is 1. The van der Waals surface area contributed by atoms with Crippen LogP contribution < -0.4 is 4.74 Å². The molecule has 1 N–H and O–H groups in total. The van der Waals surface area contributed by atoms with E-state index >= 15 is 0 Å². The van der Waals surface area contributed by atoms with Crippen molar-refractivity contribution in [3.05, 3.63) is 47.8 Å². The fourth-order valence-electron chi connectivity index (χ4n) is 1.77. The Hall–Kier alpha value is -2.36. The summed E-state index contributed by atoms with van der Waals surface area (Å²) >= 11 is 0. The molecule has 0 saturated heterocycles. The largest absolute Gasteiger partial charge is 0.496 e. The summed E-state index contributed by atoms with van der Waals surface area (Å²) in [6, 6.07) is 7.30. The Morgan fingerprint density at radius 1 is 1.22 bits per heavy atom. The lowest BCUT2D eigenvalue weighted by molar-refractivity contribution is 0.0696. The average Bonchev–Trinajstić information content (AvgIpc) is 2.38. The van der Waals surface area contributed by atoms with Crippen molar-refractivity contribution in [3.8, 4) is 16.9 Å². The molecule has 0 atom stereocenters. The summed E-state index contributed by atoms with van der Waals surface area (Å²) in [4.78, 5) is 14.8. The lowest BCUT2D eigenvalue weighted by Gasteiger charge is -2.07. The third kappa shape index (κ3) is 2.32. The zero-order chi connectivity index (χ0) is 13.1. The van der Waals surface area contributed by atoms with Crippen LogP contribution in [0.15, 0.2) is 36.7 Å². The van der Waals surface area contributed by atoms with E-state index in [0.717, 1.165) is 22.4 Å². The molecule has 92 valence electrons. The number of pyridine rings is 1. The molecule has 2 rings (SSSR count). The SMILES string of the molecule is COc1ccc(-c2cncc(C(=O)O)c2)cc1C. The van der Waals surface area contributed by atoms with Gasteiger partial charge in [0.2, 0.25) is 0 Å². The number of aromatic carboxylic acids is 1. The molecule has 4 nitrogen and oxygen atoms in total. The fraction of sp³-hybridized carbons (Fsp3) is 0.143. The van der Waals surface area contributed by atoms with Crippen molar-refractivity contribution in [2.45, 2.75) is 6.92 Å². The van der Waals surface area contributed by atoms with E-state index in [9.17, 15) is 4.79 Å². The number of hydrogen-bond acceptors (Lipinski definition) is 3. The lowest BCUT2D eigenvalue weighted by atomic mass is 10.0. The van der Waals surface area contributed by atoms with Gasteiger partial charge in [-0.15, -0.1) is 0 Å². The van der Waals surface area contributed by atoms with E-state index in [-0.39, 0.29) is 5.56 Å². The first-order chi connectivity index (χ1) is 8.61. The van der Waals surface area contributed by atoms with Crippen LogP contribution in [0.1, 0.15) is 15.9 Å². The normalized spacial score (nSPS) is 10.1. The number of aromatic nitrogens is 1. The molecule has 0 bridgehead atoms. The Balaban J connectivity index is 2.45. The van der Waals surface area contributed by atoms with Gasteiger partial charge in [-0.25, -0.2) is 4.79 Å². The molecular weight excluding hydrogens is 230 g/mol. The minimum absolute atomic E-state index is 0.181. The molecule has 0 unspecified atom stereocenters. The van der Waals surface area contributed by atoms with Crippen LogP contribution in [0, 0.1) is 6.92 Å². The second kappa shape index (κ2) is 4.87. The molecule has 1 heterocycles. The Kier molecular flexibility index (Phi) is 3.28. The van der Waals surface area contributed by atoms with Gasteiger partial charge in [0.05, 0.1) is 12.7 Å². The summed E-state index contributed by atoms with van der Waals surface area (Å²) in [6.07, 6.45) is 2.98. The molecular formula is C14H13NO3. The van der Waals surface area contributed by atoms with Gasteiger partial charge in [0.1, 0.15) is 5.75 Å². The monoisotopic (exact) mass is 243 g/mol. The van der Waals surface area contributed by atoms with E-state index in [1.54, 1.807) is 19.4 Å². The van der Waals surface area contributed by atoms with Crippen molar-refractivity contribution in [3.63, 3.8) is 0 Å². The van der Waals surface area contributed by atoms with Crippen molar-refractivity contribution < 1.29 is 14.6 Å². The minimum Gasteiger partial charge on any atom is -0.496 e. The Morgan fingerprint density at radius 3 is 2.61 bits per heavy atom. The highest BCUT2D eigenvalue weighted by Gasteiger charge is 2.07. The maximum Gasteiger partial charge on any atom is 0.337 e. The number of carboxylic acid groups (broad SMARTS) is 1. The molecule has 0 spiro atoms. The highest BCUT2D eigenvalue weighted by molar-refractivity contribution is 5.88. The number of benzene rings is 1. The first-order valence-electron chi connectivity index (χ1n) is 5.45. The van der Waals surface area contributed by atoms with Crippen LogP contribution in [0.2, 0.25) is 0 Å². The molecule has 0 aliphatic heterocycles. The van der Waals surface area contributed by atoms with E-state index in [2.05, 4.69) is 4.98 Å².